The molecule has 0 bridgehead atoms. The zero-order chi connectivity index (χ0) is 18.1. The second-order valence-electron chi connectivity index (χ2n) is 6.41. The normalized spacial score (nSPS) is 14.2. The molecule has 1 N–H and O–H groups in total. The number of aromatic amines is 1. The van der Waals surface area contributed by atoms with Gasteiger partial charge in [-0.25, -0.2) is 4.98 Å². The molecule has 0 radical (unpaired) electrons. The Morgan fingerprint density at radius 3 is 2.85 bits per heavy atom. The number of fused-ring (bicyclic) bond motifs is 1. The minimum atomic E-state index is -0.239. The fourth-order valence-corrected chi connectivity index (χ4v) is 4.52. The maximum atomic E-state index is 12.8. The molecule has 0 fully saturated rings. The summed E-state index contributed by atoms with van der Waals surface area (Å²) in [5.41, 5.74) is 4.44. The van der Waals surface area contributed by atoms with Crippen molar-refractivity contribution in [3.63, 3.8) is 0 Å². The van der Waals surface area contributed by atoms with Crippen LogP contribution in [0, 0.1) is 0 Å². The molecule has 6 heteroatoms. The number of carbonyl (C=O) groups is 1. The predicted molar refractivity (Wildman–Crippen MR) is 108 cm³/mol. The summed E-state index contributed by atoms with van der Waals surface area (Å²) in [6.45, 7) is 1.91. The van der Waals surface area contributed by atoms with Crippen LogP contribution in [-0.4, -0.2) is 26.2 Å². The first-order valence-electron chi connectivity index (χ1n) is 8.62. The average molecular weight is 428 g/mol. The van der Waals surface area contributed by atoms with Crippen molar-refractivity contribution in [1.29, 1.82) is 0 Å². The minimum absolute atomic E-state index is 0.122. The van der Waals surface area contributed by atoms with Crippen molar-refractivity contribution >= 4 is 33.5 Å². The number of benzene rings is 2. The van der Waals surface area contributed by atoms with E-state index in [2.05, 4.69) is 43.2 Å². The third kappa shape index (κ3) is 3.48. The summed E-state index contributed by atoms with van der Waals surface area (Å²) in [5.74, 6) is 0.814. The van der Waals surface area contributed by atoms with Crippen LogP contribution in [0.25, 0.3) is 11.4 Å². The Kier molecular flexibility index (Phi) is 4.96. The molecule has 0 amide bonds. The summed E-state index contributed by atoms with van der Waals surface area (Å²) in [4.78, 5) is 17.3. The molecule has 26 heavy (non-hydrogen) atoms. The van der Waals surface area contributed by atoms with Crippen LogP contribution in [0.5, 0.6) is 0 Å². The number of hydrogen-bond acceptors (Lipinski definition) is 4. The first-order chi connectivity index (χ1) is 12.6. The summed E-state index contributed by atoms with van der Waals surface area (Å²) in [6.07, 6.45) is 3.39. The molecule has 1 aliphatic carbocycles. The lowest BCUT2D eigenvalue weighted by Crippen LogP contribution is -2.14. The van der Waals surface area contributed by atoms with E-state index < -0.39 is 0 Å². The van der Waals surface area contributed by atoms with E-state index in [0.717, 1.165) is 28.4 Å². The summed E-state index contributed by atoms with van der Waals surface area (Å²) in [5, 5.41) is 7.56. The van der Waals surface area contributed by atoms with Gasteiger partial charge >= 0.3 is 0 Å². The number of thioether (sulfide) groups is 1. The first-order valence-corrected chi connectivity index (χ1v) is 10.3. The number of halogens is 1. The van der Waals surface area contributed by atoms with Crippen molar-refractivity contribution in [2.24, 2.45) is 0 Å². The fraction of sp³-hybridized carbons (Fsp3) is 0.250. The van der Waals surface area contributed by atoms with Gasteiger partial charge in [0.2, 0.25) is 5.16 Å². The van der Waals surface area contributed by atoms with Crippen LogP contribution in [0.1, 0.15) is 34.8 Å². The summed E-state index contributed by atoms with van der Waals surface area (Å²) in [7, 11) is 0. The third-order valence-corrected chi connectivity index (χ3v) is 6.28. The van der Waals surface area contributed by atoms with Gasteiger partial charge in [-0.1, -0.05) is 58.0 Å². The Balaban J connectivity index is 1.49. The molecular formula is C20H18BrN3OS. The third-order valence-electron chi connectivity index (χ3n) is 4.63. The van der Waals surface area contributed by atoms with Gasteiger partial charge in [-0.15, -0.1) is 5.10 Å². The summed E-state index contributed by atoms with van der Waals surface area (Å²) >= 11 is 4.91. The van der Waals surface area contributed by atoms with E-state index in [-0.39, 0.29) is 11.0 Å². The molecule has 1 aromatic heterocycles. The molecule has 0 saturated carbocycles. The number of aromatic nitrogens is 3. The van der Waals surface area contributed by atoms with Crippen molar-refractivity contribution in [1.82, 2.24) is 15.2 Å². The van der Waals surface area contributed by atoms with E-state index in [1.54, 1.807) is 0 Å². The smallest absolute Gasteiger partial charge is 0.209 e. The number of carbonyl (C=O) groups excluding carboxylic acids is 1. The zero-order valence-electron chi connectivity index (χ0n) is 14.3. The SMILES string of the molecule is C[C@@H](Sc1n[nH]c(-c2ccccc2Br)n1)C(=O)c1ccc2c(c1)CCC2. The Morgan fingerprint density at radius 1 is 1.19 bits per heavy atom. The van der Waals surface area contributed by atoms with E-state index in [4.69, 9.17) is 0 Å². The number of rotatable bonds is 5. The molecule has 2 aromatic carbocycles. The zero-order valence-corrected chi connectivity index (χ0v) is 16.7. The number of nitrogens with one attached hydrogen (secondary N) is 1. The molecule has 1 aliphatic rings. The maximum absolute atomic E-state index is 12.8. The number of ketones is 1. The molecule has 4 rings (SSSR count). The van der Waals surface area contributed by atoms with Gasteiger partial charge < -0.3 is 0 Å². The molecule has 132 valence electrons. The van der Waals surface area contributed by atoms with Crippen molar-refractivity contribution in [2.45, 2.75) is 36.6 Å². The number of H-pyrrole nitrogens is 1. The monoisotopic (exact) mass is 427 g/mol. The van der Waals surface area contributed by atoms with Gasteiger partial charge in [0.25, 0.3) is 0 Å². The minimum Gasteiger partial charge on any atom is -0.293 e. The number of nitrogens with zero attached hydrogens (tertiary/aromatic N) is 2. The van der Waals surface area contributed by atoms with Gasteiger partial charge in [0, 0.05) is 15.6 Å². The molecule has 0 spiro atoms. The number of Topliss-reactive ketones (excluding diaryl/α,β-unsaturated/α-hetero) is 1. The van der Waals surface area contributed by atoms with Gasteiger partial charge in [-0.3, -0.25) is 9.89 Å². The summed E-state index contributed by atoms with van der Waals surface area (Å²) in [6, 6.07) is 14.0. The van der Waals surface area contributed by atoms with Crippen LogP contribution in [-0.2, 0) is 12.8 Å². The Morgan fingerprint density at radius 2 is 2.00 bits per heavy atom. The quantitative estimate of drug-likeness (QED) is 0.455. The van der Waals surface area contributed by atoms with Gasteiger partial charge in [-0.05, 0) is 49.4 Å². The second kappa shape index (κ2) is 7.37. The van der Waals surface area contributed by atoms with Crippen molar-refractivity contribution in [3.05, 3.63) is 63.6 Å². The van der Waals surface area contributed by atoms with Crippen LogP contribution in [0.4, 0.5) is 0 Å². The number of hydrogen-bond donors (Lipinski definition) is 1. The maximum Gasteiger partial charge on any atom is 0.209 e. The highest BCUT2D eigenvalue weighted by Gasteiger charge is 2.21. The molecule has 0 saturated heterocycles. The van der Waals surface area contributed by atoms with Crippen LogP contribution in [0.3, 0.4) is 0 Å². The highest BCUT2D eigenvalue weighted by molar-refractivity contribution is 9.10. The fourth-order valence-electron chi connectivity index (χ4n) is 3.24. The Hall–Kier alpha value is -1.92. The Bertz CT molecular complexity index is 969. The van der Waals surface area contributed by atoms with Crippen LogP contribution in [0.2, 0.25) is 0 Å². The second-order valence-corrected chi connectivity index (χ2v) is 8.57. The van der Waals surface area contributed by atoms with Crippen LogP contribution < -0.4 is 0 Å². The van der Waals surface area contributed by atoms with E-state index in [1.165, 1.54) is 29.3 Å². The largest absolute Gasteiger partial charge is 0.293 e. The van der Waals surface area contributed by atoms with Gasteiger partial charge in [0.15, 0.2) is 11.6 Å². The number of aryl methyl sites for hydroxylation is 2. The molecule has 4 nitrogen and oxygen atoms in total. The Labute approximate surface area is 164 Å². The molecule has 0 unspecified atom stereocenters. The molecule has 1 atom stereocenters. The lowest BCUT2D eigenvalue weighted by atomic mass is 10.0. The first kappa shape index (κ1) is 17.5. The van der Waals surface area contributed by atoms with Gasteiger partial charge in [0.1, 0.15) is 0 Å². The standard InChI is InChI=1S/C20H18BrN3OS/c1-12(18(25)15-10-9-13-5-4-6-14(13)11-15)26-20-22-19(23-24-20)16-7-2-3-8-17(16)21/h2-3,7-12H,4-6H2,1H3,(H,22,23,24)/t12-/m1/s1. The van der Waals surface area contributed by atoms with Gasteiger partial charge in [-0.2, -0.15) is 0 Å². The highest BCUT2D eigenvalue weighted by Crippen LogP contribution is 2.29. The van der Waals surface area contributed by atoms with E-state index >= 15 is 0 Å². The van der Waals surface area contributed by atoms with Crippen molar-refractivity contribution in [2.75, 3.05) is 0 Å². The van der Waals surface area contributed by atoms with E-state index in [1.807, 2.05) is 37.3 Å². The van der Waals surface area contributed by atoms with Crippen LogP contribution >= 0.6 is 27.7 Å². The van der Waals surface area contributed by atoms with E-state index in [0.29, 0.717) is 11.0 Å². The topological polar surface area (TPSA) is 58.6 Å². The van der Waals surface area contributed by atoms with Crippen molar-refractivity contribution in [3.8, 4) is 11.4 Å². The molecule has 0 aliphatic heterocycles. The summed E-state index contributed by atoms with van der Waals surface area (Å²) < 4.78 is 0.954. The highest BCUT2D eigenvalue weighted by atomic mass is 79.9. The van der Waals surface area contributed by atoms with Crippen LogP contribution in [0.15, 0.2) is 52.1 Å². The lowest BCUT2D eigenvalue weighted by Gasteiger charge is -2.09. The molecule has 3 aromatic rings. The predicted octanol–water partition coefficient (Wildman–Crippen LogP) is 5.09. The van der Waals surface area contributed by atoms with Gasteiger partial charge in [0.05, 0.1) is 5.25 Å². The lowest BCUT2D eigenvalue weighted by molar-refractivity contribution is 0.0994. The average Bonchev–Trinajstić information content (AvgIpc) is 3.30. The molecule has 1 heterocycles. The molecular weight excluding hydrogens is 410 g/mol. The van der Waals surface area contributed by atoms with Crippen molar-refractivity contribution < 1.29 is 4.79 Å². The van der Waals surface area contributed by atoms with E-state index in [9.17, 15) is 4.79 Å².